The molecular weight excluding hydrogens is 1150 g/mol. The molecule has 11 aromatic rings. The van der Waals surface area contributed by atoms with Crippen LogP contribution in [-0.4, -0.2) is 80.7 Å². The molecule has 0 bridgehead atoms. The summed E-state index contributed by atoms with van der Waals surface area (Å²) in [6.45, 7) is 5.28. The summed E-state index contributed by atoms with van der Waals surface area (Å²) in [5, 5.41) is 4.58. The molecule has 11 rings (SSSR count). The lowest BCUT2D eigenvalue weighted by Gasteiger charge is -2.15. The van der Waals surface area contributed by atoms with Crippen molar-refractivity contribution in [2.24, 2.45) is 17.8 Å². The van der Waals surface area contributed by atoms with Gasteiger partial charge in [-0.3, -0.25) is 43.2 Å². The summed E-state index contributed by atoms with van der Waals surface area (Å²) in [5.41, 5.74) is 6.35. The van der Waals surface area contributed by atoms with Crippen molar-refractivity contribution in [2.75, 3.05) is 0 Å². The van der Waals surface area contributed by atoms with E-state index in [0.717, 1.165) is 54.9 Å². The van der Waals surface area contributed by atoms with E-state index in [1.54, 1.807) is 44.8 Å². The van der Waals surface area contributed by atoms with E-state index >= 15 is 0 Å². The summed E-state index contributed by atoms with van der Waals surface area (Å²) in [4.78, 5) is 124. The Morgan fingerprint density at radius 2 is 0.674 bits per heavy atom. The second-order valence-corrected chi connectivity index (χ2v) is 22.8. The minimum Gasteiger partial charge on any atom is -0.324 e. The molecule has 3 unspecified atom stereocenters. The first-order chi connectivity index (χ1) is 44.6. The number of carbonyl (C=O) groups excluding carboxylic acids is 9. The summed E-state index contributed by atoms with van der Waals surface area (Å²) in [7, 11) is 0. The van der Waals surface area contributed by atoms with Gasteiger partial charge in [0.25, 0.3) is 0 Å². The Kier molecular flexibility index (Phi) is 22.7. The molecule has 0 saturated carbocycles. The predicted molar refractivity (Wildman–Crippen MR) is 353 cm³/mol. The minimum atomic E-state index is -0.701. The molecule has 0 spiro atoms. The van der Waals surface area contributed by atoms with Gasteiger partial charge in [-0.05, 0) is 86.3 Å². The molecule has 92 heavy (non-hydrogen) atoms. The van der Waals surface area contributed by atoms with Gasteiger partial charge in [0.1, 0.15) is 5.69 Å². The maximum absolute atomic E-state index is 13.1. The van der Waals surface area contributed by atoms with Gasteiger partial charge in [-0.25, -0.2) is 15.0 Å². The third kappa shape index (κ3) is 18.1. The normalized spacial score (nSPS) is 11.9. The monoisotopic (exact) mass is 1220 g/mol. The van der Waals surface area contributed by atoms with Gasteiger partial charge in [0.15, 0.2) is 46.3 Å². The lowest BCUT2D eigenvalue weighted by atomic mass is 9.88. The zero-order chi connectivity index (χ0) is 64.9. The molecule has 0 fully saturated rings. The van der Waals surface area contributed by atoms with E-state index in [1.165, 1.54) is 27.0 Å². The van der Waals surface area contributed by atoms with Crippen molar-refractivity contribution in [3.05, 3.63) is 294 Å². The van der Waals surface area contributed by atoms with Crippen molar-refractivity contribution in [3.63, 3.8) is 0 Å². The number of rotatable bonds is 27. The van der Waals surface area contributed by atoms with Crippen LogP contribution in [0.4, 0.5) is 0 Å². The molecule has 0 N–H and O–H groups in total. The predicted octanol–water partition coefficient (Wildman–Crippen LogP) is 12.9. The Balaban J connectivity index is 0.000000164. The van der Waals surface area contributed by atoms with Crippen LogP contribution in [0.15, 0.2) is 244 Å². The average molecular weight is 1220 g/mol. The quantitative estimate of drug-likeness (QED) is 0.0348. The van der Waals surface area contributed by atoms with E-state index in [1.807, 2.05) is 158 Å². The highest BCUT2D eigenvalue weighted by Crippen LogP contribution is 2.24. The lowest BCUT2D eigenvalue weighted by Crippen LogP contribution is -2.27. The maximum Gasteiger partial charge on any atom is 0.201 e. The van der Waals surface area contributed by atoms with Gasteiger partial charge in [-0.1, -0.05) is 194 Å². The van der Waals surface area contributed by atoms with Crippen molar-refractivity contribution in [3.8, 4) is 0 Å². The second-order valence-electron chi connectivity index (χ2n) is 22.8. The Morgan fingerprint density at radius 3 is 1.05 bits per heavy atom. The minimum absolute atomic E-state index is 0.0310. The molecular formula is C77H70N6O9. The summed E-state index contributed by atoms with van der Waals surface area (Å²) in [5.74, 6) is -5.28. The molecule has 3 heterocycles. The van der Waals surface area contributed by atoms with Crippen molar-refractivity contribution >= 4 is 73.6 Å². The third-order valence-electron chi connectivity index (χ3n) is 15.9. The second kappa shape index (κ2) is 31.9. The smallest absolute Gasteiger partial charge is 0.201 e. The van der Waals surface area contributed by atoms with Gasteiger partial charge in [0.2, 0.25) is 17.3 Å². The van der Waals surface area contributed by atoms with E-state index < -0.39 is 52.5 Å². The number of ketones is 9. The van der Waals surface area contributed by atoms with E-state index in [-0.39, 0.29) is 36.6 Å². The Bertz CT molecular complexity index is 4200. The Hall–Kier alpha value is -11.1. The average Bonchev–Trinajstić information content (AvgIpc) is 1.60. The van der Waals surface area contributed by atoms with Gasteiger partial charge in [-0.2, -0.15) is 0 Å². The standard InChI is InChI=1S/2C27H24N2O3.C23H22N2O3/c1-19(30)27(32)24(13-20-7-3-2-4-8-20)15-26(31)25-16-28-18-29(25)17-21-11-12-22-9-5-6-10-23(22)14-21;1-19(30)26(32)24(15-20-7-3-2-4-8-20)17-25(31)27-28-13-14-29(27)18-21-11-12-22-9-5-6-10-23(22)16-21;1-17(26)22(28)20(14-18-8-4-2-5-9-18)15-21(27)23-24-12-13-25(23)16-19-10-6-3-7-11-19/h2-12,14,16,18,24H,13,15,17H2,1H3;2-14,16,24H,15,17-18H2,1H3;2-13,20H,14-16H2,1H3. The summed E-state index contributed by atoms with van der Waals surface area (Å²) < 4.78 is 5.37. The van der Waals surface area contributed by atoms with Gasteiger partial charge in [-0.15, -0.1) is 0 Å². The van der Waals surface area contributed by atoms with Crippen LogP contribution in [-0.2, 0) is 67.7 Å². The van der Waals surface area contributed by atoms with Crippen molar-refractivity contribution in [2.45, 2.75) is 78.9 Å². The largest absolute Gasteiger partial charge is 0.324 e. The first-order valence-electron chi connectivity index (χ1n) is 30.4. The SMILES string of the molecule is CC(=O)C(=O)C(CC(=O)c1cncn1Cc1ccc2ccccc2c1)Cc1ccccc1.CC(=O)C(=O)C(CC(=O)c1nccn1Cc1ccc2ccccc2c1)Cc1ccccc1.CC(=O)C(=O)C(CC(=O)c1nccn1Cc1ccccc1)Cc1ccccc1. The van der Waals surface area contributed by atoms with Crippen LogP contribution < -0.4 is 0 Å². The van der Waals surface area contributed by atoms with Crippen LogP contribution >= 0.6 is 0 Å². The van der Waals surface area contributed by atoms with Crippen LogP contribution in [0.3, 0.4) is 0 Å². The lowest BCUT2D eigenvalue weighted by molar-refractivity contribution is -0.137. The number of aromatic nitrogens is 6. The van der Waals surface area contributed by atoms with Crippen LogP contribution in [0.2, 0.25) is 0 Å². The fraction of sp³-hybridized carbons (Fsp3) is 0.195. The highest BCUT2D eigenvalue weighted by atomic mass is 16.2. The number of nitrogens with zero attached hydrogens (tertiary/aromatic N) is 6. The van der Waals surface area contributed by atoms with E-state index in [9.17, 15) is 43.2 Å². The third-order valence-corrected chi connectivity index (χ3v) is 15.9. The first kappa shape index (κ1) is 65.4. The number of carbonyl (C=O) groups is 9. The fourth-order valence-corrected chi connectivity index (χ4v) is 11.2. The molecule has 0 amide bonds. The molecule has 8 aromatic carbocycles. The Labute approximate surface area is 533 Å². The van der Waals surface area contributed by atoms with Gasteiger partial charge in [0.05, 0.1) is 12.5 Å². The highest BCUT2D eigenvalue weighted by molar-refractivity contribution is 6.38. The number of benzene rings is 8. The summed E-state index contributed by atoms with van der Waals surface area (Å²) >= 11 is 0. The summed E-state index contributed by atoms with van der Waals surface area (Å²) in [6, 6.07) is 66.7. The van der Waals surface area contributed by atoms with Gasteiger partial charge < -0.3 is 13.7 Å². The zero-order valence-corrected chi connectivity index (χ0v) is 51.5. The van der Waals surface area contributed by atoms with Crippen LogP contribution in [0.1, 0.15) is 105 Å². The first-order valence-corrected chi connectivity index (χ1v) is 30.4. The van der Waals surface area contributed by atoms with E-state index in [2.05, 4.69) is 63.5 Å². The number of fused-ring (bicyclic) bond motifs is 2. The zero-order valence-electron chi connectivity index (χ0n) is 51.5. The van der Waals surface area contributed by atoms with Crippen molar-refractivity contribution < 1.29 is 43.2 Å². The molecule has 0 aliphatic carbocycles. The fourth-order valence-electron chi connectivity index (χ4n) is 11.2. The van der Waals surface area contributed by atoms with Crippen molar-refractivity contribution in [1.82, 2.24) is 28.7 Å². The van der Waals surface area contributed by atoms with Gasteiger partial charge >= 0.3 is 0 Å². The molecule has 3 atom stereocenters. The molecule has 15 nitrogen and oxygen atoms in total. The molecule has 0 saturated heterocycles. The number of imidazole rings is 3. The molecule has 0 radical (unpaired) electrons. The Morgan fingerprint density at radius 1 is 0.348 bits per heavy atom. The van der Waals surface area contributed by atoms with Gasteiger partial charge in [0, 0.05) is 102 Å². The number of Topliss-reactive ketones (excluding diaryl/α,β-unsaturated/α-hetero) is 9. The molecule has 0 aliphatic rings. The van der Waals surface area contributed by atoms with Crippen LogP contribution in [0.25, 0.3) is 21.5 Å². The van der Waals surface area contributed by atoms with E-state index in [0.29, 0.717) is 56.2 Å². The number of hydrogen-bond donors (Lipinski definition) is 0. The van der Waals surface area contributed by atoms with E-state index in [4.69, 9.17) is 0 Å². The maximum atomic E-state index is 13.1. The highest BCUT2D eigenvalue weighted by Gasteiger charge is 2.30. The molecule has 15 heteroatoms. The number of hydrogen-bond acceptors (Lipinski definition) is 12. The van der Waals surface area contributed by atoms with Crippen LogP contribution in [0, 0.1) is 17.8 Å². The summed E-state index contributed by atoms with van der Waals surface area (Å²) in [6.07, 6.45) is 10.8. The topological polar surface area (TPSA) is 207 Å². The molecule has 3 aromatic heterocycles. The molecule has 0 aliphatic heterocycles. The molecule has 462 valence electrons. The van der Waals surface area contributed by atoms with Crippen LogP contribution in [0.5, 0.6) is 0 Å². The van der Waals surface area contributed by atoms with Crippen molar-refractivity contribution in [1.29, 1.82) is 0 Å².